The maximum absolute atomic E-state index is 11.5. The van der Waals surface area contributed by atoms with E-state index in [-0.39, 0.29) is 11.8 Å². The van der Waals surface area contributed by atoms with Crippen LogP contribution in [0.3, 0.4) is 0 Å². The topological polar surface area (TPSA) is 82.8 Å². The molecule has 6 heteroatoms. The summed E-state index contributed by atoms with van der Waals surface area (Å²) in [7, 11) is 1.81. The molecule has 6 nitrogen and oxygen atoms in total. The summed E-state index contributed by atoms with van der Waals surface area (Å²) in [5, 5.41) is 6.77. The monoisotopic (exact) mass is 357 g/mol. The van der Waals surface area contributed by atoms with Gasteiger partial charge >= 0.3 is 0 Å². The number of hydrogen-bond donors (Lipinski definition) is 3. The van der Waals surface area contributed by atoms with Gasteiger partial charge in [-0.25, -0.2) is 0 Å². The van der Waals surface area contributed by atoms with E-state index in [2.05, 4.69) is 44.8 Å². The van der Waals surface area contributed by atoms with Gasteiger partial charge in [-0.3, -0.25) is 14.7 Å². The molecule has 1 aliphatic carbocycles. The van der Waals surface area contributed by atoms with Crippen LogP contribution >= 0.6 is 0 Å². The molecule has 1 saturated carbocycles. The molecular weight excluding hydrogens is 326 g/mol. The zero-order chi connectivity index (χ0) is 18.4. The first-order valence-electron chi connectivity index (χ1n) is 9.68. The van der Waals surface area contributed by atoms with Crippen LogP contribution in [0.25, 0.3) is 0 Å². The van der Waals surface area contributed by atoms with Gasteiger partial charge in [-0.1, -0.05) is 24.3 Å². The number of carbonyl (C=O) groups excluding carboxylic acids is 1. The van der Waals surface area contributed by atoms with E-state index < -0.39 is 0 Å². The molecule has 26 heavy (non-hydrogen) atoms. The predicted octanol–water partition coefficient (Wildman–Crippen LogP) is 1.46. The summed E-state index contributed by atoms with van der Waals surface area (Å²) in [6.07, 6.45) is 4.62. The fourth-order valence-corrected chi connectivity index (χ4v) is 3.50. The number of carbonyl (C=O) groups is 1. The molecule has 0 bridgehead atoms. The SMILES string of the molecule is CN=C(NCc1cccc(CN2CCCC(C(N)=O)C2)c1)NCC1CC1. The summed E-state index contributed by atoms with van der Waals surface area (Å²) in [6.45, 7) is 4.43. The Morgan fingerprint density at radius 3 is 2.81 bits per heavy atom. The molecule has 1 aromatic carbocycles. The van der Waals surface area contributed by atoms with Gasteiger partial charge in [0.2, 0.25) is 5.91 Å². The fraction of sp³-hybridized carbons (Fsp3) is 0.600. The minimum Gasteiger partial charge on any atom is -0.369 e. The second kappa shape index (κ2) is 9.03. The molecule has 1 aliphatic heterocycles. The second-order valence-electron chi connectivity index (χ2n) is 7.55. The highest BCUT2D eigenvalue weighted by atomic mass is 16.1. The first-order valence-corrected chi connectivity index (χ1v) is 9.68. The minimum atomic E-state index is -0.169. The summed E-state index contributed by atoms with van der Waals surface area (Å²) in [6, 6.07) is 8.61. The van der Waals surface area contributed by atoms with Gasteiger partial charge in [0.15, 0.2) is 5.96 Å². The Balaban J connectivity index is 1.50. The average molecular weight is 358 g/mol. The second-order valence-corrected chi connectivity index (χ2v) is 7.55. The smallest absolute Gasteiger partial charge is 0.221 e. The third-order valence-corrected chi connectivity index (χ3v) is 5.24. The number of benzene rings is 1. The van der Waals surface area contributed by atoms with Crippen molar-refractivity contribution in [2.75, 3.05) is 26.7 Å². The molecule has 1 saturated heterocycles. The van der Waals surface area contributed by atoms with Crippen LogP contribution in [0.1, 0.15) is 36.8 Å². The van der Waals surface area contributed by atoms with Gasteiger partial charge in [-0.2, -0.15) is 0 Å². The number of nitrogens with one attached hydrogen (secondary N) is 2. The van der Waals surface area contributed by atoms with E-state index in [9.17, 15) is 4.79 Å². The molecule has 1 heterocycles. The van der Waals surface area contributed by atoms with Gasteiger partial charge in [0.1, 0.15) is 0 Å². The Morgan fingerprint density at radius 1 is 1.27 bits per heavy atom. The molecule has 4 N–H and O–H groups in total. The highest BCUT2D eigenvalue weighted by molar-refractivity contribution is 5.79. The van der Waals surface area contributed by atoms with Crippen molar-refractivity contribution in [1.29, 1.82) is 0 Å². The van der Waals surface area contributed by atoms with Crippen molar-refractivity contribution in [2.24, 2.45) is 22.6 Å². The number of amides is 1. The van der Waals surface area contributed by atoms with Crippen LogP contribution in [-0.2, 0) is 17.9 Å². The van der Waals surface area contributed by atoms with Gasteiger partial charge in [0.25, 0.3) is 0 Å². The number of nitrogens with two attached hydrogens (primary N) is 1. The van der Waals surface area contributed by atoms with Crippen molar-refractivity contribution in [3.63, 3.8) is 0 Å². The lowest BCUT2D eigenvalue weighted by Gasteiger charge is -2.31. The van der Waals surface area contributed by atoms with Crippen LogP contribution in [0.4, 0.5) is 0 Å². The molecule has 3 rings (SSSR count). The summed E-state index contributed by atoms with van der Waals surface area (Å²) in [4.78, 5) is 18.1. The van der Waals surface area contributed by atoms with Crippen LogP contribution in [0.2, 0.25) is 0 Å². The van der Waals surface area contributed by atoms with E-state index in [1.807, 2.05) is 7.05 Å². The van der Waals surface area contributed by atoms with Crippen molar-refractivity contribution in [1.82, 2.24) is 15.5 Å². The Hall–Kier alpha value is -2.08. The molecule has 1 atom stereocenters. The van der Waals surface area contributed by atoms with Gasteiger partial charge in [0, 0.05) is 33.2 Å². The predicted molar refractivity (Wildman–Crippen MR) is 105 cm³/mol. The van der Waals surface area contributed by atoms with E-state index in [0.29, 0.717) is 0 Å². The van der Waals surface area contributed by atoms with Crippen molar-refractivity contribution in [3.8, 4) is 0 Å². The number of piperidine rings is 1. The van der Waals surface area contributed by atoms with E-state index in [1.54, 1.807) is 0 Å². The van der Waals surface area contributed by atoms with E-state index in [1.165, 1.54) is 24.0 Å². The minimum absolute atomic E-state index is 0.00512. The molecule has 1 unspecified atom stereocenters. The first-order chi connectivity index (χ1) is 12.6. The lowest BCUT2D eigenvalue weighted by molar-refractivity contribution is -0.123. The Morgan fingerprint density at radius 2 is 2.08 bits per heavy atom. The van der Waals surface area contributed by atoms with Crippen LogP contribution in [0.5, 0.6) is 0 Å². The molecule has 2 aliphatic rings. The number of nitrogens with zero attached hydrogens (tertiary/aromatic N) is 2. The third-order valence-electron chi connectivity index (χ3n) is 5.24. The normalized spacial score (nSPS) is 21.4. The van der Waals surface area contributed by atoms with Crippen molar-refractivity contribution in [2.45, 2.75) is 38.8 Å². The number of aliphatic imine (C=N–C) groups is 1. The lowest BCUT2D eigenvalue weighted by atomic mass is 9.97. The van der Waals surface area contributed by atoms with Crippen LogP contribution in [0, 0.1) is 11.8 Å². The van der Waals surface area contributed by atoms with Gasteiger partial charge < -0.3 is 16.4 Å². The summed E-state index contributed by atoms with van der Waals surface area (Å²) in [5.74, 6) is 1.51. The molecule has 0 spiro atoms. The summed E-state index contributed by atoms with van der Waals surface area (Å²) < 4.78 is 0. The lowest BCUT2D eigenvalue weighted by Crippen LogP contribution is -2.40. The molecule has 142 valence electrons. The third kappa shape index (κ3) is 5.73. The van der Waals surface area contributed by atoms with Crippen LogP contribution in [0.15, 0.2) is 29.3 Å². The number of hydrogen-bond acceptors (Lipinski definition) is 3. The van der Waals surface area contributed by atoms with Crippen LogP contribution in [-0.4, -0.2) is 43.4 Å². The van der Waals surface area contributed by atoms with Crippen molar-refractivity contribution < 1.29 is 4.79 Å². The van der Waals surface area contributed by atoms with E-state index >= 15 is 0 Å². The molecule has 0 aromatic heterocycles. The summed E-state index contributed by atoms with van der Waals surface area (Å²) >= 11 is 0. The highest BCUT2D eigenvalue weighted by Crippen LogP contribution is 2.27. The maximum Gasteiger partial charge on any atom is 0.221 e. The van der Waals surface area contributed by atoms with Gasteiger partial charge in [-0.15, -0.1) is 0 Å². The number of likely N-dealkylation sites (tertiary alicyclic amines) is 1. The Kier molecular flexibility index (Phi) is 6.50. The molecule has 0 radical (unpaired) electrons. The number of primary amides is 1. The molecule has 1 aromatic rings. The number of guanidine groups is 1. The molecular formula is C20H31N5O. The van der Waals surface area contributed by atoms with Gasteiger partial charge in [-0.05, 0) is 49.3 Å². The fourth-order valence-electron chi connectivity index (χ4n) is 3.50. The van der Waals surface area contributed by atoms with E-state index in [4.69, 9.17) is 5.73 Å². The zero-order valence-corrected chi connectivity index (χ0v) is 15.7. The highest BCUT2D eigenvalue weighted by Gasteiger charge is 2.24. The summed E-state index contributed by atoms with van der Waals surface area (Å²) in [5.41, 5.74) is 7.99. The Labute approximate surface area is 156 Å². The zero-order valence-electron chi connectivity index (χ0n) is 15.7. The first kappa shape index (κ1) is 18.7. The van der Waals surface area contributed by atoms with Crippen molar-refractivity contribution >= 4 is 11.9 Å². The standard InChI is InChI=1S/C20H31N5O/c1-22-20(23-11-15-7-8-15)24-12-16-4-2-5-17(10-16)13-25-9-3-6-18(14-25)19(21)26/h2,4-5,10,15,18H,3,6-9,11-14H2,1H3,(H2,21,26)(H2,22,23,24). The van der Waals surface area contributed by atoms with Crippen LogP contribution < -0.4 is 16.4 Å². The quantitative estimate of drug-likeness (QED) is 0.510. The number of rotatable bonds is 7. The van der Waals surface area contributed by atoms with Crippen molar-refractivity contribution in [3.05, 3.63) is 35.4 Å². The molecule has 1 amide bonds. The molecule has 2 fully saturated rings. The average Bonchev–Trinajstić information content (AvgIpc) is 3.47. The largest absolute Gasteiger partial charge is 0.369 e. The maximum atomic E-state index is 11.5. The van der Waals surface area contributed by atoms with E-state index in [0.717, 1.165) is 57.4 Å². The Bertz CT molecular complexity index is 641. The van der Waals surface area contributed by atoms with Gasteiger partial charge in [0.05, 0.1) is 5.92 Å².